The summed E-state index contributed by atoms with van der Waals surface area (Å²) in [6.45, 7) is 4.04. The third kappa shape index (κ3) is 5.57. The average Bonchev–Trinajstić information content (AvgIpc) is 2.42. The van der Waals surface area contributed by atoms with Gasteiger partial charge in [-0.25, -0.2) is 0 Å². The van der Waals surface area contributed by atoms with Crippen molar-refractivity contribution in [1.82, 2.24) is 9.47 Å². The minimum atomic E-state index is -0.878. The van der Waals surface area contributed by atoms with Gasteiger partial charge in [0.25, 0.3) is 0 Å². The number of aliphatic hydroxyl groups excluding tert-OH is 1. The molecule has 0 aliphatic carbocycles. The number of likely N-dealkylation sites (N-methyl/N-ethyl adjacent to an activating group) is 1. The second-order valence-corrected chi connectivity index (χ2v) is 4.80. The number of carboxylic acid groups (broad SMARTS) is 1. The van der Waals surface area contributed by atoms with E-state index >= 15 is 0 Å². The van der Waals surface area contributed by atoms with Crippen molar-refractivity contribution < 1.29 is 20.1 Å². The summed E-state index contributed by atoms with van der Waals surface area (Å²) in [5, 5.41) is 27.2. The number of carboxylic acids is 1. The molecule has 7 heteroatoms. The molecular weight excluding hydrogens is 276 g/mol. The molecule has 1 heterocycles. The van der Waals surface area contributed by atoms with E-state index in [-0.39, 0.29) is 18.8 Å². The van der Waals surface area contributed by atoms with Crippen molar-refractivity contribution in [2.24, 2.45) is 0 Å². The van der Waals surface area contributed by atoms with Crippen LogP contribution < -0.4 is 5.43 Å². The Labute approximate surface area is 123 Å². The molecule has 0 unspecified atom stereocenters. The van der Waals surface area contributed by atoms with E-state index in [9.17, 15) is 14.7 Å². The maximum absolute atomic E-state index is 11.6. The monoisotopic (exact) mass is 298 g/mol. The van der Waals surface area contributed by atoms with Crippen molar-refractivity contribution in [2.45, 2.75) is 32.9 Å². The molecule has 0 bridgehead atoms. The number of hydrogen-bond acceptors (Lipinski definition) is 5. The number of aliphatic hydroxyl groups is 1. The number of pyridine rings is 1. The summed E-state index contributed by atoms with van der Waals surface area (Å²) in [4.78, 5) is 24.1. The highest BCUT2D eigenvalue weighted by molar-refractivity contribution is 5.66. The molecule has 0 fully saturated rings. The predicted octanol–water partition coefficient (Wildman–Crippen LogP) is 0.233. The Kier molecular flexibility index (Phi) is 6.90. The van der Waals surface area contributed by atoms with Crippen LogP contribution in [0.4, 0.5) is 0 Å². The summed E-state index contributed by atoms with van der Waals surface area (Å²) >= 11 is 0. The number of aliphatic carboxylic acids is 1. The molecule has 0 aromatic carbocycles. The van der Waals surface area contributed by atoms with Crippen LogP contribution in [0.15, 0.2) is 17.1 Å². The smallest absolute Gasteiger partial charge is 0.303 e. The number of aromatic nitrogens is 1. The van der Waals surface area contributed by atoms with Crippen LogP contribution in [0.2, 0.25) is 0 Å². The fraction of sp³-hybridized carbons (Fsp3) is 0.571. The maximum atomic E-state index is 11.6. The summed E-state index contributed by atoms with van der Waals surface area (Å²) in [5.41, 5.74) is 0.234. The quantitative estimate of drug-likeness (QED) is 0.603. The topological polar surface area (TPSA) is 103 Å². The van der Waals surface area contributed by atoms with Crippen LogP contribution in [0.5, 0.6) is 5.75 Å². The molecule has 0 spiro atoms. The second kappa shape index (κ2) is 8.43. The van der Waals surface area contributed by atoms with Gasteiger partial charge in [-0.3, -0.25) is 14.5 Å². The van der Waals surface area contributed by atoms with Crippen LogP contribution in [0.3, 0.4) is 0 Å². The third-order valence-electron chi connectivity index (χ3n) is 3.24. The van der Waals surface area contributed by atoms with Crippen molar-refractivity contribution in [1.29, 1.82) is 0 Å². The molecule has 1 aromatic heterocycles. The van der Waals surface area contributed by atoms with Gasteiger partial charge < -0.3 is 19.9 Å². The SMILES string of the molecule is CCN(CCO)Cc1cc(=O)c(O)cn1CCCC(=O)O. The zero-order valence-corrected chi connectivity index (χ0v) is 12.2. The van der Waals surface area contributed by atoms with Gasteiger partial charge in [0.05, 0.1) is 12.8 Å². The summed E-state index contributed by atoms with van der Waals surface area (Å²) in [7, 11) is 0. The highest BCUT2D eigenvalue weighted by atomic mass is 16.4. The molecule has 118 valence electrons. The molecule has 0 amide bonds. The summed E-state index contributed by atoms with van der Waals surface area (Å²) in [6.07, 6.45) is 1.78. The van der Waals surface area contributed by atoms with Crippen LogP contribution in [0.1, 0.15) is 25.5 Å². The lowest BCUT2D eigenvalue weighted by Gasteiger charge is -2.22. The average molecular weight is 298 g/mol. The zero-order valence-electron chi connectivity index (χ0n) is 12.2. The predicted molar refractivity (Wildman–Crippen MR) is 77.3 cm³/mol. The molecule has 21 heavy (non-hydrogen) atoms. The maximum Gasteiger partial charge on any atom is 0.303 e. The largest absolute Gasteiger partial charge is 0.503 e. The Morgan fingerprint density at radius 3 is 2.71 bits per heavy atom. The van der Waals surface area contributed by atoms with Gasteiger partial charge in [-0.2, -0.15) is 0 Å². The molecule has 7 nitrogen and oxygen atoms in total. The van der Waals surface area contributed by atoms with E-state index in [2.05, 4.69) is 0 Å². The van der Waals surface area contributed by atoms with Crippen molar-refractivity contribution in [3.8, 4) is 5.75 Å². The summed E-state index contributed by atoms with van der Waals surface area (Å²) < 4.78 is 1.69. The molecule has 0 aliphatic rings. The van der Waals surface area contributed by atoms with E-state index in [0.717, 1.165) is 0 Å². The van der Waals surface area contributed by atoms with E-state index in [0.29, 0.717) is 38.3 Å². The Morgan fingerprint density at radius 2 is 2.14 bits per heavy atom. The number of hydrogen-bond donors (Lipinski definition) is 3. The number of aryl methyl sites for hydroxylation is 1. The lowest BCUT2D eigenvalue weighted by atomic mass is 10.2. The standard InChI is InChI=1S/C14H22N2O5/c1-2-15(6-7-17)9-11-8-12(18)13(19)10-16(11)5-3-4-14(20)21/h8,10,17,19H,2-7,9H2,1H3,(H,20,21). The third-order valence-corrected chi connectivity index (χ3v) is 3.24. The Hall–Kier alpha value is -1.86. The molecular formula is C14H22N2O5. The molecule has 0 radical (unpaired) electrons. The zero-order chi connectivity index (χ0) is 15.8. The van der Waals surface area contributed by atoms with E-state index < -0.39 is 11.4 Å². The fourth-order valence-electron chi connectivity index (χ4n) is 2.07. The molecule has 3 N–H and O–H groups in total. The first-order chi connectivity index (χ1) is 9.97. The normalized spacial score (nSPS) is 11.0. The first-order valence-electron chi connectivity index (χ1n) is 6.95. The molecule has 0 saturated carbocycles. The fourth-order valence-corrected chi connectivity index (χ4v) is 2.07. The Bertz CT molecular complexity index is 527. The van der Waals surface area contributed by atoms with Gasteiger partial charge in [-0.1, -0.05) is 6.92 Å². The van der Waals surface area contributed by atoms with Gasteiger partial charge in [0, 0.05) is 37.8 Å². The summed E-state index contributed by atoms with van der Waals surface area (Å²) in [5.74, 6) is -1.23. The van der Waals surface area contributed by atoms with Gasteiger partial charge in [-0.15, -0.1) is 0 Å². The first kappa shape index (κ1) is 17.2. The van der Waals surface area contributed by atoms with E-state index in [4.69, 9.17) is 10.2 Å². The molecule has 0 aliphatic heterocycles. The molecule has 1 rings (SSSR count). The number of aromatic hydroxyl groups is 1. The first-order valence-corrected chi connectivity index (χ1v) is 6.95. The van der Waals surface area contributed by atoms with Crippen LogP contribution in [-0.2, 0) is 17.9 Å². The second-order valence-electron chi connectivity index (χ2n) is 4.80. The summed E-state index contributed by atoms with van der Waals surface area (Å²) in [6, 6.07) is 1.36. The number of carbonyl (C=O) groups is 1. The number of nitrogens with zero attached hydrogens (tertiary/aromatic N) is 2. The Balaban J connectivity index is 2.90. The lowest BCUT2D eigenvalue weighted by Crippen LogP contribution is -2.28. The highest BCUT2D eigenvalue weighted by Gasteiger charge is 2.10. The van der Waals surface area contributed by atoms with Crippen molar-refractivity contribution in [3.05, 3.63) is 28.2 Å². The molecule has 0 atom stereocenters. The van der Waals surface area contributed by atoms with Crippen LogP contribution in [0, 0.1) is 0 Å². The van der Waals surface area contributed by atoms with Gasteiger partial charge in [-0.05, 0) is 13.0 Å². The van der Waals surface area contributed by atoms with Crippen LogP contribution in [-0.4, -0.2) is 50.5 Å². The van der Waals surface area contributed by atoms with Gasteiger partial charge >= 0.3 is 5.97 Å². The van der Waals surface area contributed by atoms with Crippen molar-refractivity contribution in [2.75, 3.05) is 19.7 Å². The lowest BCUT2D eigenvalue weighted by molar-refractivity contribution is -0.137. The Morgan fingerprint density at radius 1 is 1.43 bits per heavy atom. The number of rotatable bonds is 9. The molecule has 0 saturated heterocycles. The minimum absolute atomic E-state index is 0.0230. The van der Waals surface area contributed by atoms with E-state index in [1.165, 1.54) is 12.3 Å². The van der Waals surface area contributed by atoms with Crippen molar-refractivity contribution in [3.63, 3.8) is 0 Å². The van der Waals surface area contributed by atoms with Crippen LogP contribution >= 0.6 is 0 Å². The van der Waals surface area contributed by atoms with Gasteiger partial charge in [0.2, 0.25) is 5.43 Å². The van der Waals surface area contributed by atoms with E-state index in [1.54, 1.807) is 4.57 Å². The van der Waals surface area contributed by atoms with Gasteiger partial charge in [0.1, 0.15) is 0 Å². The van der Waals surface area contributed by atoms with E-state index in [1.807, 2.05) is 11.8 Å². The minimum Gasteiger partial charge on any atom is -0.503 e. The van der Waals surface area contributed by atoms with Crippen LogP contribution in [0.25, 0.3) is 0 Å². The molecule has 1 aromatic rings. The van der Waals surface area contributed by atoms with Crippen molar-refractivity contribution >= 4 is 5.97 Å². The highest BCUT2D eigenvalue weighted by Crippen LogP contribution is 2.10. The van der Waals surface area contributed by atoms with Gasteiger partial charge in [0.15, 0.2) is 5.75 Å².